The molecule has 0 fully saturated rings. The first kappa shape index (κ1) is 17.0. The number of amides is 1. The van der Waals surface area contributed by atoms with Gasteiger partial charge in [-0.1, -0.05) is 0 Å². The maximum absolute atomic E-state index is 11.8. The van der Waals surface area contributed by atoms with Gasteiger partial charge in [-0.15, -0.1) is 0 Å². The van der Waals surface area contributed by atoms with Crippen LogP contribution in [0.2, 0.25) is 0 Å². The van der Waals surface area contributed by atoms with E-state index >= 15 is 0 Å². The summed E-state index contributed by atoms with van der Waals surface area (Å²) in [6, 6.07) is 8.08. The molecule has 0 spiro atoms. The molecule has 0 aliphatic rings. The second kappa shape index (κ2) is 8.31. The number of aromatic nitrogens is 1. The molecule has 0 saturated carbocycles. The van der Waals surface area contributed by atoms with Crippen molar-refractivity contribution >= 4 is 45.3 Å². The van der Waals surface area contributed by atoms with Gasteiger partial charge in [0, 0.05) is 21.8 Å². The normalized spacial score (nSPS) is 9.74. The van der Waals surface area contributed by atoms with Crippen LogP contribution < -0.4 is 5.32 Å². The Hall–Kier alpha value is -2.37. The van der Waals surface area contributed by atoms with E-state index in [-0.39, 0.29) is 0 Å². The number of thioether (sulfide) groups is 1. The summed E-state index contributed by atoms with van der Waals surface area (Å²) in [6.07, 6.45) is 2.93. The molecule has 2 aromatic rings. The number of nitrogens with one attached hydrogen (secondary N) is 1. The number of rotatable bonds is 5. The van der Waals surface area contributed by atoms with Crippen molar-refractivity contribution in [3.63, 3.8) is 0 Å². The smallest absolute Gasteiger partial charge is 0.338 e. The van der Waals surface area contributed by atoms with Crippen molar-refractivity contribution in [2.75, 3.05) is 11.9 Å². The molecule has 0 aliphatic heterocycles. The summed E-state index contributed by atoms with van der Waals surface area (Å²) in [5, 5.41) is 13.2. The monoisotopic (exact) mass is 391 g/mol. The molecule has 116 valence electrons. The molecule has 23 heavy (non-hydrogen) atoms. The lowest BCUT2D eigenvalue weighted by Crippen LogP contribution is -2.21. The zero-order valence-corrected chi connectivity index (χ0v) is 14.1. The molecule has 8 heteroatoms. The van der Waals surface area contributed by atoms with E-state index < -0.39 is 18.5 Å². The Morgan fingerprint density at radius 3 is 2.70 bits per heavy atom. The predicted molar refractivity (Wildman–Crippen MR) is 88.8 cm³/mol. The molecule has 1 aromatic heterocycles. The molecule has 6 nitrogen and oxygen atoms in total. The Kier molecular flexibility index (Phi) is 6.14. The van der Waals surface area contributed by atoms with E-state index in [1.165, 1.54) is 24.5 Å². The molecule has 0 unspecified atom stereocenters. The fourth-order valence-electron chi connectivity index (χ4n) is 1.60. The molecule has 1 heterocycles. The molecule has 0 radical (unpaired) electrons. The van der Waals surface area contributed by atoms with Gasteiger partial charge in [-0.25, -0.2) is 4.79 Å². The van der Waals surface area contributed by atoms with Gasteiger partial charge in [0.25, 0.3) is 5.91 Å². The van der Waals surface area contributed by atoms with Crippen molar-refractivity contribution in [2.45, 2.75) is 4.90 Å². The van der Waals surface area contributed by atoms with Crippen LogP contribution in [0.15, 0.2) is 52.1 Å². The third-order valence-electron chi connectivity index (χ3n) is 2.63. The fraction of sp³-hybridized carbons (Fsp3) is 0.0667. The molecular formula is C15H10BrN3O3S. The largest absolute Gasteiger partial charge is 0.452 e. The van der Waals surface area contributed by atoms with Crippen LogP contribution in [0.4, 0.5) is 5.69 Å². The third kappa shape index (κ3) is 5.09. The van der Waals surface area contributed by atoms with Crippen molar-refractivity contribution in [1.29, 1.82) is 5.26 Å². The van der Waals surface area contributed by atoms with Crippen molar-refractivity contribution in [3.05, 3.63) is 52.8 Å². The van der Waals surface area contributed by atoms with Gasteiger partial charge in [0.2, 0.25) is 0 Å². The summed E-state index contributed by atoms with van der Waals surface area (Å²) in [5.74, 6) is -1.06. The topological polar surface area (TPSA) is 92.1 Å². The second-order valence-electron chi connectivity index (χ2n) is 4.20. The van der Waals surface area contributed by atoms with E-state index in [0.717, 1.165) is 16.7 Å². The first-order valence-electron chi connectivity index (χ1n) is 6.32. The quantitative estimate of drug-likeness (QED) is 0.477. The molecule has 1 amide bonds. The standard InChI is InChI=1S/C15H10BrN3O3S/c16-12-7-11(23-9-17)1-2-13(12)19-14(20)8-22-15(21)10-3-5-18-6-4-10/h1-7H,8H2,(H,19,20). The highest BCUT2D eigenvalue weighted by atomic mass is 79.9. The van der Waals surface area contributed by atoms with Gasteiger partial charge in [0.1, 0.15) is 5.40 Å². The summed E-state index contributed by atoms with van der Waals surface area (Å²) in [7, 11) is 0. The van der Waals surface area contributed by atoms with E-state index in [9.17, 15) is 9.59 Å². The number of anilines is 1. The molecule has 1 N–H and O–H groups in total. The van der Waals surface area contributed by atoms with Gasteiger partial charge < -0.3 is 10.1 Å². The van der Waals surface area contributed by atoms with E-state index in [4.69, 9.17) is 10.00 Å². The molecular weight excluding hydrogens is 382 g/mol. The highest BCUT2D eigenvalue weighted by Crippen LogP contribution is 2.28. The van der Waals surface area contributed by atoms with Crippen LogP contribution in [0, 0.1) is 10.7 Å². The fourth-order valence-corrected chi connectivity index (χ4v) is 2.65. The van der Waals surface area contributed by atoms with E-state index in [2.05, 4.69) is 26.2 Å². The minimum Gasteiger partial charge on any atom is -0.452 e. The van der Waals surface area contributed by atoms with Crippen molar-refractivity contribution < 1.29 is 14.3 Å². The Morgan fingerprint density at radius 1 is 1.30 bits per heavy atom. The predicted octanol–water partition coefficient (Wildman–Crippen LogP) is 3.21. The molecule has 0 bridgehead atoms. The van der Waals surface area contributed by atoms with Gasteiger partial charge in [0.05, 0.1) is 11.3 Å². The lowest BCUT2D eigenvalue weighted by molar-refractivity contribution is -0.119. The summed E-state index contributed by atoms with van der Waals surface area (Å²) in [6.45, 7) is -0.401. The van der Waals surface area contributed by atoms with Gasteiger partial charge in [-0.05, 0) is 58.0 Å². The number of nitrogens with zero attached hydrogens (tertiary/aromatic N) is 2. The number of halogens is 1. The zero-order chi connectivity index (χ0) is 16.7. The first-order valence-corrected chi connectivity index (χ1v) is 7.93. The number of hydrogen-bond acceptors (Lipinski definition) is 6. The van der Waals surface area contributed by atoms with Crippen LogP contribution in [0.25, 0.3) is 0 Å². The minimum atomic E-state index is -0.595. The van der Waals surface area contributed by atoms with Gasteiger partial charge >= 0.3 is 5.97 Å². The molecule has 1 aromatic carbocycles. The number of thiocyanates is 1. The van der Waals surface area contributed by atoms with Gasteiger partial charge in [0.15, 0.2) is 6.61 Å². The summed E-state index contributed by atoms with van der Waals surface area (Å²) < 4.78 is 5.55. The number of nitriles is 1. The van der Waals surface area contributed by atoms with Crippen LogP contribution in [0.5, 0.6) is 0 Å². The van der Waals surface area contributed by atoms with Crippen LogP contribution in [0.3, 0.4) is 0 Å². The second-order valence-corrected chi connectivity index (χ2v) is 5.91. The number of benzene rings is 1. The highest BCUT2D eigenvalue weighted by Gasteiger charge is 2.11. The van der Waals surface area contributed by atoms with E-state index in [1.807, 2.05) is 5.40 Å². The van der Waals surface area contributed by atoms with Crippen molar-refractivity contribution in [1.82, 2.24) is 4.98 Å². The third-order valence-corrected chi connectivity index (χ3v) is 3.87. The lowest BCUT2D eigenvalue weighted by Gasteiger charge is -2.09. The number of hydrogen-bond donors (Lipinski definition) is 1. The Bertz CT molecular complexity index is 762. The Morgan fingerprint density at radius 2 is 2.04 bits per heavy atom. The molecule has 2 rings (SSSR count). The van der Waals surface area contributed by atoms with Gasteiger partial charge in [-0.3, -0.25) is 9.78 Å². The molecule has 0 aliphatic carbocycles. The Labute approximate surface area is 145 Å². The molecule has 0 atom stereocenters. The maximum atomic E-state index is 11.8. The van der Waals surface area contributed by atoms with Crippen LogP contribution >= 0.6 is 27.7 Å². The molecule has 0 saturated heterocycles. The zero-order valence-electron chi connectivity index (χ0n) is 11.7. The van der Waals surface area contributed by atoms with Crippen LogP contribution in [-0.4, -0.2) is 23.5 Å². The van der Waals surface area contributed by atoms with E-state index in [0.29, 0.717) is 15.7 Å². The van der Waals surface area contributed by atoms with Crippen LogP contribution in [0.1, 0.15) is 10.4 Å². The average molecular weight is 392 g/mol. The lowest BCUT2D eigenvalue weighted by atomic mass is 10.3. The summed E-state index contributed by atoms with van der Waals surface area (Å²) >= 11 is 4.33. The van der Waals surface area contributed by atoms with Gasteiger partial charge in [-0.2, -0.15) is 5.26 Å². The highest BCUT2D eigenvalue weighted by molar-refractivity contribution is 9.10. The number of esters is 1. The van der Waals surface area contributed by atoms with E-state index in [1.54, 1.807) is 18.2 Å². The van der Waals surface area contributed by atoms with Crippen molar-refractivity contribution in [3.8, 4) is 5.40 Å². The van der Waals surface area contributed by atoms with Crippen LogP contribution in [-0.2, 0) is 9.53 Å². The number of carbonyl (C=O) groups excluding carboxylic acids is 2. The Balaban J connectivity index is 1.90. The van der Waals surface area contributed by atoms with Crippen molar-refractivity contribution in [2.24, 2.45) is 0 Å². The summed E-state index contributed by atoms with van der Waals surface area (Å²) in [5.41, 5.74) is 0.851. The SMILES string of the molecule is N#CSc1ccc(NC(=O)COC(=O)c2ccncc2)c(Br)c1. The number of ether oxygens (including phenoxy) is 1. The minimum absolute atomic E-state index is 0.326. The summed E-state index contributed by atoms with van der Waals surface area (Å²) in [4.78, 5) is 28.1. The number of pyridine rings is 1. The first-order chi connectivity index (χ1) is 11.1. The maximum Gasteiger partial charge on any atom is 0.338 e. The average Bonchev–Trinajstić information content (AvgIpc) is 2.56. The number of carbonyl (C=O) groups is 2.